The van der Waals surface area contributed by atoms with Crippen LogP contribution in [0.2, 0.25) is 13.1 Å². The molecule has 0 heterocycles. The summed E-state index contributed by atoms with van der Waals surface area (Å²) in [5.41, 5.74) is 6.79. The zero-order valence-corrected chi connectivity index (χ0v) is 23.3. The Hall–Kier alpha value is -3.31. The quantitative estimate of drug-likeness (QED) is 0.256. The SMILES string of the molecule is CCOC(=O)C1=C(c2ccc(C(C)(C)C)cc2O[Si](C)C)c2ccccc2C1c1ccc(OC)cc1. The predicted octanol–water partition coefficient (Wildman–Crippen LogP) is 7.13. The number of ether oxygens (including phenoxy) is 2. The van der Waals surface area contributed by atoms with Crippen molar-refractivity contribution >= 4 is 20.6 Å². The molecule has 1 radical (unpaired) electrons. The van der Waals surface area contributed by atoms with E-state index in [9.17, 15) is 4.79 Å². The first-order chi connectivity index (χ1) is 17.2. The third-order valence-electron chi connectivity index (χ3n) is 6.47. The Morgan fingerprint density at radius 2 is 1.64 bits per heavy atom. The zero-order chi connectivity index (χ0) is 26.0. The number of methoxy groups -OCH3 is 1. The molecular formula is C31H35O4Si. The Morgan fingerprint density at radius 3 is 2.25 bits per heavy atom. The maximum atomic E-state index is 13.6. The van der Waals surface area contributed by atoms with E-state index in [-0.39, 0.29) is 17.3 Å². The Kier molecular flexibility index (Phi) is 7.41. The molecule has 36 heavy (non-hydrogen) atoms. The first kappa shape index (κ1) is 25.8. The lowest BCUT2D eigenvalue weighted by Crippen LogP contribution is -2.17. The molecule has 0 aromatic heterocycles. The average Bonchev–Trinajstić information content (AvgIpc) is 3.18. The van der Waals surface area contributed by atoms with Gasteiger partial charge in [-0.25, -0.2) is 4.79 Å². The van der Waals surface area contributed by atoms with Crippen LogP contribution in [-0.4, -0.2) is 28.7 Å². The molecule has 5 heteroatoms. The molecule has 3 aromatic carbocycles. The molecule has 1 aliphatic carbocycles. The molecule has 4 rings (SSSR count). The van der Waals surface area contributed by atoms with Gasteiger partial charge < -0.3 is 13.9 Å². The number of fused-ring (bicyclic) bond motifs is 1. The van der Waals surface area contributed by atoms with Gasteiger partial charge in [-0.2, -0.15) is 0 Å². The largest absolute Gasteiger partial charge is 0.542 e. The number of esters is 1. The van der Waals surface area contributed by atoms with E-state index in [0.717, 1.165) is 39.3 Å². The van der Waals surface area contributed by atoms with E-state index in [1.165, 1.54) is 5.56 Å². The predicted molar refractivity (Wildman–Crippen MR) is 147 cm³/mol. The molecule has 0 saturated carbocycles. The highest BCUT2D eigenvalue weighted by molar-refractivity contribution is 6.49. The lowest BCUT2D eigenvalue weighted by Gasteiger charge is -2.23. The number of rotatable bonds is 7. The van der Waals surface area contributed by atoms with Crippen LogP contribution in [0, 0.1) is 0 Å². The highest BCUT2D eigenvalue weighted by atomic mass is 28.3. The average molecular weight is 500 g/mol. The molecule has 0 aliphatic heterocycles. The fourth-order valence-electron chi connectivity index (χ4n) is 4.78. The Morgan fingerprint density at radius 1 is 0.944 bits per heavy atom. The van der Waals surface area contributed by atoms with Crippen LogP contribution in [0.15, 0.2) is 72.3 Å². The van der Waals surface area contributed by atoms with Gasteiger partial charge in [0.15, 0.2) is 0 Å². The van der Waals surface area contributed by atoms with Crippen molar-refractivity contribution in [2.24, 2.45) is 0 Å². The monoisotopic (exact) mass is 499 g/mol. The van der Waals surface area contributed by atoms with Crippen LogP contribution in [0.1, 0.15) is 61.4 Å². The summed E-state index contributed by atoms with van der Waals surface area (Å²) < 4.78 is 17.5. The minimum atomic E-state index is -1.05. The van der Waals surface area contributed by atoms with Crippen molar-refractivity contribution in [2.45, 2.75) is 52.1 Å². The van der Waals surface area contributed by atoms with Gasteiger partial charge in [-0.1, -0.05) is 69.3 Å². The number of carbonyl (C=O) groups is 1. The lowest BCUT2D eigenvalue weighted by atomic mass is 9.85. The molecule has 0 saturated heterocycles. The second-order valence-corrected chi connectivity index (χ2v) is 12.3. The molecule has 0 bridgehead atoms. The minimum absolute atomic E-state index is 0.0252. The van der Waals surface area contributed by atoms with Crippen molar-refractivity contribution < 1.29 is 18.7 Å². The van der Waals surface area contributed by atoms with Gasteiger partial charge >= 0.3 is 5.97 Å². The molecule has 1 unspecified atom stereocenters. The van der Waals surface area contributed by atoms with Crippen LogP contribution < -0.4 is 9.16 Å². The van der Waals surface area contributed by atoms with Crippen molar-refractivity contribution in [1.82, 2.24) is 0 Å². The normalized spacial score (nSPS) is 15.2. The van der Waals surface area contributed by atoms with Crippen molar-refractivity contribution in [3.8, 4) is 11.5 Å². The Balaban J connectivity index is 2.02. The third-order valence-corrected chi connectivity index (χ3v) is 7.10. The van der Waals surface area contributed by atoms with Crippen LogP contribution in [-0.2, 0) is 14.9 Å². The van der Waals surface area contributed by atoms with Crippen LogP contribution >= 0.6 is 0 Å². The maximum absolute atomic E-state index is 13.6. The van der Waals surface area contributed by atoms with Crippen LogP contribution in [0.5, 0.6) is 11.5 Å². The number of benzene rings is 3. The highest BCUT2D eigenvalue weighted by Gasteiger charge is 2.38. The fourth-order valence-corrected chi connectivity index (χ4v) is 5.39. The van der Waals surface area contributed by atoms with E-state index in [4.69, 9.17) is 13.9 Å². The fraction of sp³-hybridized carbons (Fsp3) is 0.323. The molecule has 0 spiro atoms. The second-order valence-electron chi connectivity index (χ2n) is 10.3. The van der Waals surface area contributed by atoms with Crippen molar-refractivity contribution in [2.75, 3.05) is 13.7 Å². The molecule has 1 aliphatic rings. The molecule has 187 valence electrons. The molecule has 0 N–H and O–H groups in total. The Bertz CT molecular complexity index is 1280. The molecule has 4 nitrogen and oxygen atoms in total. The zero-order valence-electron chi connectivity index (χ0n) is 22.3. The van der Waals surface area contributed by atoms with E-state index in [2.05, 4.69) is 64.2 Å². The van der Waals surface area contributed by atoms with Gasteiger partial charge in [0.25, 0.3) is 9.04 Å². The summed E-state index contributed by atoms with van der Waals surface area (Å²) in [6.07, 6.45) is 0. The van der Waals surface area contributed by atoms with Crippen LogP contribution in [0.25, 0.3) is 5.57 Å². The van der Waals surface area contributed by atoms with E-state index < -0.39 is 9.04 Å². The molecule has 0 fully saturated rings. The van der Waals surface area contributed by atoms with Gasteiger partial charge in [-0.05, 0) is 65.9 Å². The Labute approximate surface area is 216 Å². The molecule has 1 atom stereocenters. The summed E-state index contributed by atoms with van der Waals surface area (Å²) in [4.78, 5) is 13.6. The minimum Gasteiger partial charge on any atom is -0.542 e. The summed E-state index contributed by atoms with van der Waals surface area (Å²) in [6, 6.07) is 22.6. The molecule has 0 amide bonds. The summed E-state index contributed by atoms with van der Waals surface area (Å²) >= 11 is 0. The van der Waals surface area contributed by atoms with Crippen molar-refractivity contribution in [1.29, 1.82) is 0 Å². The van der Waals surface area contributed by atoms with Crippen molar-refractivity contribution in [3.05, 3.63) is 100 Å². The van der Waals surface area contributed by atoms with Crippen LogP contribution in [0.4, 0.5) is 0 Å². The summed E-state index contributed by atoms with van der Waals surface area (Å²) in [7, 11) is 0.606. The topological polar surface area (TPSA) is 44.8 Å². The molecular weight excluding hydrogens is 464 g/mol. The van der Waals surface area contributed by atoms with E-state index >= 15 is 0 Å². The number of hydrogen-bond acceptors (Lipinski definition) is 4. The summed E-state index contributed by atoms with van der Waals surface area (Å²) in [6.45, 7) is 13.0. The lowest BCUT2D eigenvalue weighted by molar-refractivity contribution is -0.138. The smallest absolute Gasteiger partial charge is 0.335 e. The van der Waals surface area contributed by atoms with Gasteiger partial charge in [-0.3, -0.25) is 0 Å². The standard InChI is InChI=1S/C31H35O4Si/c1-8-34-30(32)29-27(20-13-16-22(33-5)17-14-20)23-11-9-10-12-24(23)28(29)25-18-15-21(31(2,3)4)19-26(25)35-36(6)7/h9-19,27H,8H2,1-7H3. The number of hydrogen-bond donors (Lipinski definition) is 0. The first-order valence-electron chi connectivity index (χ1n) is 12.4. The van der Waals surface area contributed by atoms with E-state index in [0.29, 0.717) is 12.2 Å². The van der Waals surface area contributed by atoms with E-state index in [1.54, 1.807) is 7.11 Å². The van der Waals surface area contributed by atoms with Gasteiger partial charge in [0.05, 0.1) is 19.3 Å². The number of carbonyl (C=O) groups excluding carboxylic acids is 1. The van der Waals surface area contributed by atoms with Crippen LogP contribution in [0.3, 0.4) is 0 Å². The maximum Gasteiger partial charge on any atom is 0.335 e. The van der Waals surface area contributed by atoms with Gasteiger partial charge in [-0.15, -0.1) is 0 Å². The summed E-state index contributed by atoms with van der Waals surface area (Å²) in [5, 5.41) is 0. The third kappa shape index (κ3) is 4.98. The summed E-state index contributed by atoms with van der Waals surface area (Å²) in [5.74, 6) is 1.06. The van der Waals surface area contributed by atoms with Gasteiger partial charge in [0.2, 0.25) is 0 Å². The van der Waals surface area contributed by atoms with Crippen molar-refractivity contribution in [3.63, 3.8) is 0 Å². The first-order valence-corrected chi connectivity index (χ1v) is 14.8. The molecule has 3 aromatic rings. The van der Waals surface area contributed by atoms with Gasteiger partial charge in [0, 0.05) is 17.1 Å². The highest BCUT2D eigenvalue weighted by Crippen LogP contribution is 2.50. The van der Waals surface area contributed by atoms with Gasteiger partial charge in [0.1, 0.15) is 11.5 Å². The van der Waals surface area contributed by atoms with E-state index in [1.807, 2.05) is 43.3 Å². The second kappa shape index (κ2) is 10.4.